The summed E-state index contributed by atoms with van der Waals surface area (Å²) in [5.41, 5.74) is 0.746. The number of rotatable bonds is 9. The molecule has 5 heteroatoms. The second-order valence-corrected chi connectivity index (χ2v) is 7.77. The predicted octanol–water partition coefficient (Wildman–Crippen LogP) is 2.70. The van der Waals surface area contributed by atoms with Crippen LogP contribution in [0.3, 0.4) is 0 Å². The molecule has 0 aromatic heterocycles. The van der Waals surface area contributed by atoms with E-state index in [1.165, 1.54) is 0 Å². The molecule has 0 amide bonds. The second kappa shape index (κ2) is 7.92. The molecule has 0 aliphatic rings. The van der Waals surface area contributed by atoms with Gasteiger partial charge in [0, 0.05) is 5.54 Å². The van der Waals surface area contributed by atoms with Gasteiger partial charge in [-0.25, -0.2) is 13.1 Å². The van der Waals surface area contributed by atoms with Gasteiger partial charge in [-0.05, 0) is 64.4 Å². The lowest BCUT2D eigenvalue weighted by molar-refractivity contribution is 0.418. The first-order valence-electron chi connectivity index (χ1n) is 7.58. The molecular weight excluding hydrogens is 284 g/mol. The first-order chi connectivity index (χ1) is 9.80. The van der Waals surface area contributed by atoms with Gasteiger partial charge in [0.15, 0.2) is 0 Å². The van der Waals surface area contributed by atoms with Crippen molar-refractivity contribution in [1.29, 1.82) is 0 Å². The highest BCUT2D eigenvalue weighted by Crippen LogP contribution is 2.17. The smallest absolute Gasteiger partial charge is 0.241 e. The maximum atomic E-state index is 12.4. The zero-order valence-electron chi connectivity index (χ0n) is 13.6. The number of benzene rings is 1. The van der Waals surface area contributed by atoms with Crippen LogP contribution < -0.4 is 10.0 Å². The van der Waals surface area contributed by atoms with Crippen LogP contribution in [0, 0.1) is 0 Å². The highest BCUT2D eigenvalue weighted by molar-refractivity contribution is 7.89. The third-order valence-corrected chi connectivity index (χ3v) is 5.13. The Morgan fingerprint density at radius 3 is 2.29 bits per heavy atom. The van der Waals surface area contributed by atoms with Crippen LogP contribution in [0.1, 0.15) is 45.6 Å². The minimum Gasteiger partial charge on any atom is -0.320 e. The fourth-order valence-corrected chi connectivity index (χ4v) is 3.85. The highest BCUT2D eigenvalue weighted by Gasteiger charge is 2.25. The minimum absolute atomic E-state index is 0.337. The Bertz CT molecular complexity index is 522. The molecule has 1 rings (SSSR count). The molecule has 0 bridgehead atoms. The molecule has 0 fully saturated rings. The Morgan fingerprint density at radius 1 is 1.14 bits per heavy atom. The average Bonchev–Trinajstić information content (AvgIpc) is 2.38. The zero-order valence-corrected chi connectivity index (χ0v) is 14.4. The van der Waals surface area contributed by atoms with E-state index < -0.39 is 15.6 Å². The van der Waals surface area contributed by atoms with Gasteiger partial charge in [-0.2, -0.15) is 0 Å². The van der Waals surface area contributed by atoms with Gasteiger partial charge in [0.05, 0.1) is 4.90 Å². The average molecular weight is 312 g/mol. The van der Waals surface area contributed by atoms with Crippen LogP contribution in [0.5, 0.6) is 0 Å². The summed E-state index contributed by atoms with van der Waals surface area (Å²) in [4.78, 5) is 0.337. The van der Waals surface area contributed by atoms with Crippen LogP contribution in [-0.2, 0) is 16.4 Å². The number of nitrogens with one attached hydrogen (secondary N) is 2. The molecule has 0 unspecified atom stereocenters. The Kier molecular flexibility index (Phi) is 6.84. The minimum atomic E-state index is -3.44. The van der Waals surface area contributed by atoms with E-state index in [-0.39, 0.29) is 0 Å². The van der Waals surface area contributed by atoms with E-state index >= 15 is 0 Å². The van der Waals surface area contributed by atoms with Crippen LogP contribution in [0.15, 0.2) is 29.2 Å². The van der Waals surface area contributed by atoms with Crippen molar-refractivity contribution in [2.45, 2.75) is 56.9 Å². The van der Waals surface area contributed by atoms with Crippen molar-refractivity contribution in [2.24, 2.45) is 0 Å². The van der Waals surface area contributed by atoms with Gasteiger partial charge in [-0.3, -0.25) is 0 Å². The van der Waals surface area contributed by atoms with Gasteiger partial charge in [0.1, 0.15) is 0 Å². The maximum Gasteiger partial charge on any atom is 0.241 e. The van der Waals surface area contributed by atoms with Crippen LogP contribution in [0.4, 0.5) is 0 Å². The Balaban J connectivity index is 2.75. The molecule has 0 radical (unpaired) electrons. The summed E-state index contributed by atoms with van der Waals surface area (Å²) >= 11 is 0. The summed E-state index contributed by atoms with van der Waals surface area (Å²) < 4.78 is 27.5. The SMILES string of the molecule is CCCC(C)(C)NS(=O)(=O)c1ccc(CCCNC)cc1. The summed E-state index contributed by atoms with van der Waals surface area (Å²) in [7, 11) is -1.51. The van der Waals surface area contributed by atoms with E-state index in [0.29, 0.717) is 4.90 Å². The van der Waals surface area contributed by atoms with Crippen molar-refractivity contribution in [3.05, 3.63) is 29.8 Å². The number of hydrogen-bond acceptors (Lipinski definition) is 3. The quantitative estimate of drug-likeness (QED) is 0.689. The summed E-state index contributed by atoms with van der Waals surface area (Å²) in [6.07, 6.45) is 3.76. The summed E-state index contributed by atoms with van der Waals surface area (Å²) in [6, 6.07) is 7.19. The van der Waals surface area contributed by atoms with Gasteiger partial charge in [-0.1, -0.05) is 25.5 Å². The lowest BCUT2D eigenvalue weighted by Gasteiger charge is -2.25. The van der Waals surface area contributed by atoms with Crippen molar-refractivity contribution < 1.29 is 8.42 Å². The topological polar surface area (TPSA) is 58.2 Å². The maximum absolute atomic E-state index is 12.4. The molecule has 0 aliphatic carbocycles. The molecule has 0 heterocycles. The van der Waals surface area contributed by atoms with Crippen molar-refractivity contribution in [3.8, 4) is 0 Å². The lowest BCUT2D eigenvalue weighted by Crippen LogP contribution is -2.43. The molecular formula is C16H28N2O2S. The van der Waals surface area contributed by atoms with E-state index in [4.69, 9.17) is 0 Å². The summed E-state index contributed by atoms with van der Waals surface area (Å²) in [5, 5.41) is 3.11. The predicted molar refractivity (Wildman–Crippen MR) is 88.0 cm³/mol. The fraction of sp³-hybridized carbons (Fsp3) is 0.625. The monoisotopic (exact) mass is 312 g/mol. The molecule has 1 aromatic rings. The second-order valence-electron chi connectivity index (χ2n) is 6.09. The Labute approximate surface area is 129 Å². The molecule has 0 atom stereocenters. The van der Waals surface area contributed by atoms with Crippen molar-refractivity contribution >= 4 is 10.0 Å². The van der Waals surface area contributed by atoms with Crippen LogP contribution in [0.25, 0.3) is 0 Å². The van der Waals surface area contributed by atoms with Gasteiger partial charge < -0.3 is 5.32 Å². The molecule has 0 saturated carbocycles. The van der Waals surface area contributed by atoms with Gasteiger partial charge in [-0.15, -0.1) is 0 Å². The lowest BCUT2D eigenvalue weighted by atomic mass is 10.0. The van der Waals surface area contributed by atoms with Crippen LogP contribution >= 0.6 is 0 Å². The third-order valence-electron chi connectivity index (χ3n) is 3.41. The van der Waals surface area contributed by atoms with E-state index in [1.807, 2.05) is 33.0 Å². The van der Waals surface area contributed by atoms with Crippen molar-refractivity contribution in [2.75, 3.05) is 13.6 Å². The largest absolute Gasteiger partial charge is 0.320 e. The fourth-order valence-electron chi connectivity index (χ4n) is 2.40. The van der Waals surface area contributed by atoms with Crippen LogP contribution in [0.2, 0.25) is 0 Å². The molecule has 1 aromatic carbocycles. The van der Waals surface area contributed by atoms with E-state index in [1.54, 1.807) is 12.1 Å². The van der Waals surface area contributed by atoms with Gasteiger partial charge in [0.2, 0.25) is 10.0 Å². The van der Waals surface area contributed by atoms with Crippen LogP contribution in [-0.4, -0.2) is 27.5 Å². The molecule has 0 spiro atoms. The Hall–Kier alpha value is -0.910. The summed E-state index contributed by atoms with van der Waals surface area (Å²) in [5.74, 6) is 0. The molecule has 0 aliphatic heterocycles. The molecule has 0 saturated heterocycles. The summed E-state index contributed by atoms with van der Waals surface area (Å²) in [6.45, 7) is 6.85. The van der Waals surface area contributed by atoms with Crippen molar-refractivity contribution in [1.82, 2.24) is 10.0 Å². The first-order valence-corrected chi connectivity index (χ1v) is 9.06. The molecule has 4 nitrogen and oxygen atoms in total. The standard InChI is InChI=1S/C16H28N2O2S/c1-5-12-16(2,3)18-21(19,20)15-10-8-14(9-11-15)7-6-13-17-4/h8-11,17-18H,5-7,12-13H2,1-4H3. The zero-order chi connectivity index (χ0) is 15.9. The Morgan fingerprint density at radius 2 is 1.76 bits per heavy atom. The molecule has 120 valence electrons. The first kappa shape index (κ1) is 18.1. The third kappa shape index (κ3) is 6.16. The van der Waals surface area contributed by atoms with Gasteiger partial charge in [0.25, 0.3) is 0 Å². The number of hydrogen-bond donors (Lipinski definition) is 2. The van der Waals surface area contributed by atoms with E-state index in [2.05, 4.69) is 17.0 Å². The normalized spacial score (nSPS) is 12.6. The van der Waals surface area contributed by atoms with E-state index in [0.717, 1.165) is 37.8 Å². The molecule has 2 N–H and O–H groups in total. The number of aryl methyl sites for hydroxylation is 1. The highest BCUT2D eigenvalue weighted by atomic mass is 32.2. The van der Waals surface area contributed by atoms with E-state index in [9.17, 15) is 8.42 Å². The molecule has 21 heavy (non-hydrogen) atoms. The van der Waals surface area contributed by atoms with Gasteiger partial charge >= 0.3 is 0 Å². The van der Waals surface area contributed by atoms with Crippen molar-refractivity contribution in [3.63, 3.8) is 0 Å². The number of sulfonamides is 1.